The van der Waals surface area contributed by atoms with E-state index in [1.54, 1.807) is 6.20 Å². The first-order chi connectivity index (χ1) is 15.1. The number of para-hydroxylation sites is 1. The smallest absolute Gasteiger partial charge is 0.290 e. The van der Waals surface area contributed by atoms with Crippen LogP contribution in [0.4, 0.5) is 0 Å². The summed E-state index contributed by atoms with van der Waals surface area (Å²) < 4.78 is 2.07. The van der Waals surface area contributed by atoms with Gasteiger partial charge in [0.1, 0.15) is 5.82 Å². The van der Waals surface area contributed by atoms with Crippen molar-refractivity contribution < 1.29 is 15.0 Å². The normalized spacial score (nSPS) is 16.6. The molecule has 3 N–H and O–H groups in total. The largest absolute Gasteiger partial charge is 0.483 e. The number of nitrogens with zero attached hydrogens (tertiary/aromatic N) is 3. The Balaban J connectivity index is 0.000000858. The van der Waals surface area contributed by atoms with Crippen molar-refractivity contribution in [3.8, 4) is 11.4 Å². The number of aliphatic hydroxyl groups excluding tert-OH is 1. The number of fused-ring (bicyclic) bond motifs is 1. The summed E-state index contributed by atoms with van der Waals surface area (Å²) in [6, 6.07) is 7.96. The topological polar surface area (TPSA) is 111 Å². The summed E-state index contributed by atoms with van der Waals surface area (Å²) in [7, 11) is 0. The molecule has 1 fully saturated rings. The van der Waals surface area contributed by atoms with Crippen molar-refractivity contribution in [1.29, 1.82) is 0 Å². The van der Waals surface area contributed by atoms with Gasteiger partial charge >= 0.3 is 0 Å². The summed E-state index contributed by atoms with van der Waals surface area (Å²) in [6.07, 6.45) is 6.99. The van der Waals surface area contributed by atoms with Crippen molar-refractivity contribution >= 4 is 17.4 Å². The number of hydrogen-bond acceptors (Lipinski definition) is 5. The molecule has 31 heavy (non-hydrogen) atoms. The number of aryl methyl sites for hydroxylation is 2. The number of likely N-dealkylation sites (tertiary alicyclic amines) is 1. The second-order valence-corrected chi connectivity index (χ2v) is 7.95. The molecule has 1 aromatic carbocycles. The third-order valence-electron chi connectivity index (χ3n) is 5.78. The van der Waals surface area contributed by atoms with Crippen LogP contribution in [-0.2, 0) is 11.3 Å². The third kappa shape index (κ3) is 5.59. The van der Waals surface area contributed by atoms with E-state index in [0.717, 1.165) is 67.7 Å². The molecule has 1 saturated heterocycles. The van der Waals surface area contributed by atoms with Crippen LogP contribution >= 0.6 is 0 Å². The number of pyridine rings is 1. The molecule has 2 aromatic heterocycles. The first-order valence-electron chi connectivity index (χ1n) is 10.6. The maximum Gasteiger partial charge on any atom is 0.290 e. The van der Waals surface area contributed by atoms with Gasteiger partial charge in [-0.2, -0.15) is 0 Å². The first kappa shape index (κ1) is 22.7. The Hall–Kier alpha value is -2.97. The monoisotopic (exact) mass is 426 g/mol. The molecule has 4 rings (SSSR count). The molecular weight excluding hydrogens is 396 g/mol. The lowest BCUT2D eigenvalue weighted by Gasteiger charge is -2.31. The fourth-order valence-electron chi connectivity index (χ4n) is 4.25. The van der Waals surface area contributed by atoms with E-state index in [2.05, 4.69) is 19.4 Å². The van der Waals surface area contributed by atoms with E-state index in [-0.39, 0.29) is 18.6 Å². The third-order valence-corrected chi connectivity index (χ3v) is 5.78. The molecule has 1 atom stereocenters. The van der Waals surface area contributed by atoms with Crippen molar-refractivity contribution in [1.82, 2.24) is 19.4 Å². The van der Waals surface area contributed by atoms with Gasteiger partial charge in [-0.05, 0) is 62.2 Å². The molecule has 8 heteroatoms. The number of benzene rings is 1. The number of imidazole rings is 1. The molecule has 0 bridgehead atoms. The van der Waals surface area contributed by atoms with Gasteiger partial charge in [0.2, 0.25) is 0 Å². The van der Waals surface area contributed by atoms with Crippen molar-refractivity contribution in [3.05, 3.63) is 52.6 Å². The molecule has 1 aliphatic rings. The number of hydrogen-bond donors (Lipinski definition) is 3. The highest BCUT2D eigenvalue weighted by Gasteiger charge is 2.19. The predicted octanol–water partition coefficient (Wildman–Crippen LogP) is 2.50. The van der Waals surface area contributed by atoms with Gasteiger partial charge in [0, 0.05) is 32.1 Å². The van der Waals surface area contributed by atoms with E-state index >= 15 is 0 Å². The number of piperidine rings is 1. The molecule has 3 heterocycles. The van der Waals surface area contributed by atoms with Crippen molar-refractivity contribution in [2.24, 2.45) is 5.92 Å². The number of aromatic nitrogens is 3. The quantitative estimate of drug-likeness (QED) is 0.522. The van der Waals surface area contributed by atoms with E-state index in [4.69, 9.17) is 9.90 Å². The zero-order valence-electron chi connectivity index (χ0n) is 17.8. The van der Waals surface area contributed by atoms with Crippen LogP contribution in [0.15, 0.2) is 41.5 Å². The van der Waals surface area contributed by atoms with Gasteiger partial charge in [0.25, 0.3) is 12.0 Å². The summed E-state index contributed by atoms with van der Waals surface area (Å²) in [5.41, 5.74) is 2.46. The molecule has 1 aliphatic heterocycles. The Kier molecular flexibility index (Phi) is 7.97. The van der Waals surface area contributed by atoms with Crippen LogP contribution in [0.1, 0.15) is 24.8 Å². The summed E-state index contributed by atoms with van der Waals surface area (Å²) in [6.45, 7) is 5.95. The van der Waals surface area contributed by atoms with Gasteiger partial charge in [-0.3, -0.25) is 9.59 Å². The summed E-state index contributed by atoms with van der Waals surface area (Å²) >= 11 is 0. The van der Waals surface area contributed by atoms with Gasteiger partial charge in [-0.15, -0.1) is 0 Å². The molecule has 0 radical (unpaired) electrons. The van der Waals surface area contributed by atoms with Crippen molar-refractivity contribution in [2.45, 2.75) is 32.7 Å². The fraction of sp³-hybridized carbons (Fsp3) is 0.435. The minimum atomic E-state index is -0.250. The Morgan fingerprint density at radius 2 is 2.13 bits per heavy atom. The number of rotatable bonds is 6. The second kappa shape index (κ2) is 10.9. The van der Waals surface area contributed by atoms with E-state index in [1.165, 1.54) is 0 Å². The predicted molar refractivity (Wildman–Crippen MR) is 120 cm³/mol. The highest BCUT2D eigenvalue weighted by atomic mass is 16.3. The fourth-order valence-corrected chi connectivity index (χ4v) is 4.25. The van der Waals surface area contributed by atoms with Crippen LogP contribution in [-0.4, -0.2) is 62.4 Å². The number of aliphatic hydroxyl groups is 1. The first-order valence-corrected chi connectivity index (χ1v) is 10.6. The summed E-state index contributed by atoms with van der Waals surface area (Å²) in [5, 5.41) is 17.3. The van der Waals surface area contributed by atoms with Crippen molar-refractivity contribution in [3.63, 3.8) is 0 Å². The van der Waals surface area contributed by atoms with Crippen LogP contribution in [0.3, 0.4) is 0 Å². The molecular formula is C23H30N4O4. The van der Waals surface area contributed by atoms with Crippen molar-refractivity contribution in [2.75, 3.05) is 26.2 Å². The molecule has 0 amide bonds. The highest BCUT2D eigenvalue weighted by Crippen LogP contribution is 2.21. The van der Waals surface area contributed by atoms with E-state index in [9.17, 15) is 9.90 Å². The number of H-pyrrole nitrogens is 1. The maximum atomic E-state index is 12.7. The molecule has 0 saturated carbocycles. The van der Waals surface area contributed by atoms with Gasteiger partial charge in [0.05, 0.1) is 11.1 Å². The van der Waals surface area contributed by atoms with E-state index < -0.39 is 0 Å². The summed E-state index contributed by atoms with van der Waals surface area (Å²) in [4.78, 5) is 31.0. The Morgan fingerprint density at radius 1 is 1.32 bits per heavy atom. The van der Waals surface area contributed by atoms with Crippen LogP contribution < -0.4 is 5.56 Å². The molecule has 3 aromatic rings. The average Bonchev–Trinajstić information content (AvgIpc) is 3.23. The number of aromatic amines is 1. The Bertz CT molecular complexity index is 1060. The molecule has 8 nitrogen and oxygen atoms in total. The van der Waals surface area contributed by atoms with Crippen LogP contribution in [0.2, 0.25) is 0 Å². The standard InChI is InChI=1S/C22H28N4O2.CH2O2/c1-16-5-2-7-18-13-19(22(28)24-20(16)18)21-23-8-12-26(21)11-4-10-25-9-3-6-17(14-25)15-27;2-1-3/h2,5,7-8,12-13,17,27H,3-4,6,9-11,14-15H2,1H3,(H,24,28);1H,(H,2,3). The molecule has 1 unspecified atom stereocenters. The lowest BCUT2D eigenvalue weighted by molar-refractivity contribution is -0.122. The zero-order valence-corrected chi connectivity index (χ0v) is 17.8. The zero-order chi connectivity index (χ0) is 22.2. The second-order valence-electron chi connectivity index (χ2n) is 7.95. The van der Waals surface area contributed by atoms with E-state index in [1.807, 2.05) is 37.4 Å². The Morgan fingerprint density at radius 3 is 2.90 bits per heavy atom. The van der Waals surface area contributed by atoms with Gasteiger partial charge < -0.3 is 24.7 Å². The van der Waals surface area contributed by atoms with Crippen LogP contribution in [0, 0.1) is 12.8 Å². The van der Waals surface area contributed by atoms with Crippen LogP contribution in [0.5, 0.6) is 0 Å². The average molecular weight is 427 g/mol. The summed E-state index contributed by atoms with van der Waals surface area (Å²) in [5.74, 6) is 1.13. The molecule has 0 aliphatic carbocycles. The van der Waals surface area contributed by atoms with Gasteiger partial charge in [-0.1, -0.05) is 18.2 Å². The lowest BCUT2D eigenvalue weighted by Crippen LogP contribution is -2.37. The van der Waals surface area contributed by atoms with Crippen LogP contribution in [0.25, 0.3) is 22.3 Å². The maximum absolute atomic E-state index is 12.7. The van der Waals surface area contributed by atoms with Gasteiger partial charge in [0.15, 0.2) is 0 Å². The van der Waals surface area contributed by atoms with E-state index in [0.29, 0.717) is 11.5 Å². The highest BCUT2D eigenvalue weighted by molar-refractivity contribution is 5.84. The number of nitrogens with one attached hydrogen (secondary N) is 1. The number of carboxylic acid groups (broad SMARTS) is 1. The lowest BCUT2D eigenvalue weighted by atomic mass is 9.99. The molecule has 0 spiro atoms. The van der Waals surface area contributed by atoms with Gasteiger partial charge in [-0.25, -0.2) is 4.98 Å². The Labute approximate surface area is 181 Å². The minimum Gasteiger partial charge on any atom is -0.483 e. The SMILES string of the molecule is Cc1cccc2cc(-c3nccn3CCCN3CCCC(CO)C3)c(=O)[nH]c12.O=CO. The number of carbonyl (C=O) groups is 1. The minimum absolute atomic E-state index is 0.101. The molecule has 166 valence electrons.